The number of carbonyl (C=O) groups is 2. The minimum absolute atomic E-state index is 0.109. The van der Waals surface area contributed by atoms with Crippen molar-refractivity contribution in [2.75, 3.05) is 37.9 Å². The number of methoxy groups -OCH3 is 1. The molecule has 0 aliphatic carbocycles. The number of benzene rings is 2. The van der Waals surface area contributed by atoms with Crippen molar-refractivity contribution >= 4 is 23.2 Å². The number of para-hydroxylation sites is 1. The summed E-state index contributed by atoms with van der Waals surface area (Å²) in [5.41, 5.74) is 2.64. The van der Waals surface area contributed by atoms with E-state index in [1.807, 2.05) is 43.4 Å². The number of hydrogen-bond donors (Lipinski definition) is 3. The third kappa shape index (κ3) is 6.39. The van der Waals surface area contributed by atoms with E-state index < -0.39 is 0 Å². The smallest absolute Gasteiger partial charge is 0.279 e. The number of amides is 2. The Kier molecular flexibility index (Phi) is 8.02. The van der Waals surface area contributed by atoms with E-state index in [1.165, 1.54) is 0 Å². The van der Waals surface area contributed by atoms with Crippen molar-refractivity contribution in [3.8, 4) is 5.75 Å². The Balaban J connectivity index is 1.88. The third-order valence-corrected chi connectivity index (χ3v) is 4.66. The van der Waals surface area contributed by atoms with Gasteiger partial charge in [0.1, 0.15) is 5.75 Å². The lowest BCUT2D eigenvalue weighted by atomic mass is 9.97. The van der Waals surface area contributed by atoms with E-state index in [0.29, 0.717) is 17.4 Å². The standard InChI is InChI=1S/C22H29N3O3/c1-5-16(2)19-11-6-7-12-20(19)24-22(27)15-25(3)14-21(26)23-17-9-8-10-18(13-17)28-4/h6-13,16H,5,14-15H2,1-4H3,(H,23,26)(H,24,27)/p+1/t16-/m1/s1. The Morgan fingerprint density at radius 1 is 1.04 bits per heavy atom. The highest BCUT2D eigenvalue weighted by Gasteiger charge is 2.16. The molecular weight excluding hydrogens is 354 g/mol. The highest BCUT2D eigenvalue weighted by atomic mass is 16.5. The van der Waals surface area contributed by atoms with E-state index in [1.54, 1.807) is 19.2 Å². The summed E-state index contributed by atoms with van der Waals surface area (Å²) in [4.78, 5) is 25.5. The van der Waals surface area contributed by atoms with Crippen LogP contribution in [0.5, 0.6) is 5.75 Å². The minimum atomic E-state index is -0.154. The monoisotopic (exact) mass is 384 g/mol. The Labute approximate surface area is 166 Å². The van der Waals surface area contributed by atoms with Crippen molar-refractivity contribution in [3.05, 3.63) is 54.1 Å². The molecule has 0 aromatic heterocycles. The molecule has 3 N–H and O–H groups in total. The molecule has 1 unspecified atom stereocenters. The molecular formula is C22H30N3O3+. The maximum Gasteiger partial charge on any atom is 0.279 e. The quantitative estimate of drug-likeness (QED) is 0.621. The molecule has 2 atom stereocenters. The predicted molar refractivity (Wildman–Crippen MR) is 112 cm³/mol. The van der Waals surface area contributed by atoms with Crippen LogP contribution in [0.2, 0.25) is 0 Å². The van der Waals surface area contributed by atoms with Crippen LogP contribution in [0.4, 0.5) is 11.4 Å². The van der Waals surface area contributed by atoms with Gasteiger partial charge in [0.25, 0.3) is 11.8 Å². The minimum Gasteiger partial charge on any atom is -0.497 e. The topological polar surface area (TPSA) is 71.9 Å². The van der Waals surface area contributed by atoms with Crippen LogP contribution in [-0.2, 0) is 9.59 Å². The second-order valence-corrected chi connectivity index (χ2v) is 7.04. The SMILES string of the molecule is CC[C@@H](C)c1ccccc1NC(=O)C[NH+](C)CC(=O)Nc1cccc(OC)c1. The molecule has 6 heteroatoms. The maximum absolute atomic E-state index is 12.4. The van der Waals surface area contributed by atoms with Gasteiger partial charge >= 0.3 is 0 Å². The first-order chi connectivity index (χ1) is 13.4. The molecule has 150 valence electrons. The number of anilines is 2. The third-order valence-electron chi connectivity index (χ3n) is 4.66. The van der Waals surface area contributed by atoms with Crippen LogP contribution in [-0.4, -0.2) is 39.1 Å². The predicted octanol–water partition coefficient (Wildman–Crippen LogP) is 2.30. The van der Waals surface area contributed by atoms with Crippen molar-refractivity contribution in [1.82, 2.24) is 0 Å². The number of nitrogens with one attached hydrogen (secondary N) is 3. The van der Waals surface area contributed by atoms with E-state index in [-0.39, 0.29) is 24.9 Å². The molecule has 6 nitrogen and oxygen atoms in total. The molecule has 0 spiro atoms. The van der Waals surface area contributed by atoms with Crippen LogP contribution < -0.4 is 20.3 Å². The van der Waals surface area contributed by atoms with Gasteiger partial charge in [-0.15, -0.1) is 0 Å². The molecule has 0 fully saturated rings. The second kappa shape index (κ2) is 10.5. The van der Waals surface area contributed by atoms with E-state index in [0.717, 1.165) is 22.6 Å². The van der Waals surface area contributed by atoms with Gasteiger partial charge in [0, 0.05) is 17.4 Å². The van der Waals surface area contributed by atoms with Crippen LogP contribution >= 0.6 is 0 Å². The number of likely N-dealkylation sites (N-methyl/N-ethyl adjacent to an activating group) is 1. The van der Waals surface area contributed by atoms with Gasteiger partial charge in [-0.1, -0.05) is 38.1 Å². The van der Waals surface area contributed by atoms with Crippen molar-refractivity contribution in [2.45, 2.75) is 26.2 Å². The Morgan fingerprint density at radius 3 is 2.39 bits per heavy atom. The first-order valence-electron chi connectivity index (χ1n) is 9.56. The molecule has 28 heavy (non-hydrogen) atoms. The first-order valence-corrected chi connectivity index (χ1v) is 9.56. The average Bonchev–Trinajstić information content (AvgIpc) is 2.67. The highest BCUT2D eigenvalue weighted by Crippen LogP contribution is 2.26. The van der Waals surface area contributed by atoms with E-state index in [9.17, 15) is 9.59 Å². The van der Waals surface area contributed by atoms with Crippen LogP contribution in [0.15, 0.2) is 48.5 Å². The molecule has 0 heterocycles. The fourth-order valence-electron chi connectivity index (χ4n) is 2.97. The molecule has 2 aromatic rings. The summed E-state index contributed by atoms with van der Waals surface area (Å²) in [6, 6.07) is 15.0. The van der Waals surface area contributed by atoms with Crippen molar-refractivity contribution in [3.63, 3.8) is 0 Å². The molecule has 0 aliphatic rings. The molecule has 2 rings (SSSR count). The van der Waals surface area contributed by atoms with E-state index in [2.05, 4.69) is 24.5 Å². The fourth-order valence-corrected chi connectivity index (χ4v) is 2.97. The average molecular weight is 385 g/mol. The normalized spacial score (nSPS) is 12.7. The highest BCUT2D eigenvalue weighted by molar-refractivity contribution is 5.93. The summed E-state index contributed by atoms with van der Waals surface area (Å²) in [7, 11) is 3.40. The zero-order valence-electron chi connectivity index (χ0n) is 17.0. The van der Waals surface area contributed by atoms with Gasteiger partial charge in [-0.2, -0.15) is 0 Å². The number of rotatable bonds is 9. The number of ether oxygens (including phenoxy) is 1. The van der Waals surface area contributed by atoms with Crippen LogP contribution in [0.3, 0.4) is 0 Å². The van der Waals surface area contributed by atoms with Crippen LogP contribution in [0, 0.1) is 0 Å². The maximum atomic E-state index is 12.4. The first kappa shape index (κ1) is 21.4. The van der Waals surface area contributed by atoms with Gasteiger partial charge in [-0.25, -0.2) is 0 Å². The second-order valence-electron chi connectivity index (χ2n) is 7.04. The van der Waals surface area contributed by atoms with Gasteiger partial charge in [0.05, 0.1) is 14.2 Å². The lowest BCUT2D eigenvalue weighted by Crippen LogP contribution is -3.11. The zero-order chi connectivity index (χ0) is 20.5. The summed E-state index contributed by atoms with van der Waals surface area (Å²) in [5, 5.41) is 5.82. The summed E-state index contributed by atoms with van der Waals surface area (Å²) >= 11 is 0. The summed E-state index contributed by atoms with van der Waals surface area (Å²) in [5.74, 6) is 0.786. The van der Waals surface area contributed by atoms with Gasteiger partial charge < -0.3 is 20.3 Å². The zero-order valence-corrected chi connectivity index (χ0v) is 17.0. The molecule has 2 amide bonds. The molecule has 0 aliphatic heterocycles. The Morgan fingerprint density at radius 2 is 1.71 bits per heavy atom. The molecule has 0 radical (unpaired) electrons. The van der Waals surface area contributed by atoms with Crippen molar-refractivity contribution in [2.24, 2.45) is 0 Å². The van der Waals surface area contributed by atoms with Gasteiger partial charge in [-0.3, -0.25) is 9.59 Å². The molecule has 0 saturated heterocycles. The molecule has 2 aromatic carbocycles. The number of carbonyl (C=O) groups excluding carboxylic acids is 2. The van der Waals surface area contributed by atoms with Crippen molar-refractivity contribution < 1.29 is 19.2 Å². The number of hydrogen-bond acceptors (Lipinski definition) is 3. The van der Waals surface area contributed by atoms with Crippen molar-refractivity contribution in [1.29, 1.82) is 0 Å². The van der Waals surface area contributed by atoms with E-state index in [4.69, 9.17) is 4.74 Å². The Bertz CT molecular complexity index is 807. The van der Waals surface area contributed by atoms with Gasteiger partial charge in [0.2, 0.25) is 0 Å². The lowest BCUT2D eigenvalue weighted by Gasteiger charge is -2.17. The molecule has 0 saturated carbocycles. The lowest BCUT2D eigenvalue weighted by molar-refractivity contribution is -0.862. The fraction of sp³-hybridized carbons (Fsp3) is 0.364. The summed E-state index contributed by atoms with van der Waals surface area (Å²) < 4.78 is 5.15. The van der Waals surface area contributed by atoms with Gasteiger partial charge in [0.15, 0.2) is 13.1 Å². The van der Waals surface area contributed by atoms with E-state index >= 15 is 0 Å². The van der Waals surface area contributed by atoms with Crippen LogP contribution in [0.25, 0.3) is 0 Å². The largest absolute Gasteiger partial charge is 0.497 e. The summed E-state index contributed by atoms with van der Waals surface area (Å²) in [6.45, 7) is 4.67. The summed E-state index contributed by atoms with van der Waals surface area (Å²) in [6.07, 6.45) is 1.00. The Hall–Kier alpha value is -2.86. The van der Waals surface area contributed by atoms with Gasteiger partial charge in [-0.05, 0) is 36.1 Å². The molecule has 0 bridgehead atoms. The van der Waals surface area contributed by atoms with Crippen LogP contribution in [0.1, 0.15) is 31.7 Å². The number of quaternary nitrogens is 1.